The normalized spacial score (nSPS) is 13.8. The molecule has 0 saturated heterocycles. The maximum atomic E-state index is 13.5. The first kappa shape index (κ1) is 32.3. The van der Waals surface area contributed by atoms with Gasteiger partial charge < -0.3 is 24.6 Å². The Labute approximate surface area is 219 Å². The first-order chi connectivity index (χ1) is 17.0. The molecule has 1 amide bonds. The molecular formula is C25H40N2O9S. The fourth-order valence-corrected chi connectivity index (χ4v) is 4.97. The van der Waals surface area contributed by atoms with Gasteiger partial charge in [-0.25, -0.2) is 13.2 Å². The lowest BCUT2D eigenvalue weighted by Gasteiger charge is -2.30. The molecule has 0 unspecified atom stereocenters. The van der Waals surface area contributed by atoms with Gasteiger partial charge in [0.15, 0.2) is 0 Å². The Morgan fingerprint density at radius 2 is 1.51 bits per heavy atom. The first-order valence-electron chi connectivity index (χ1n) is 12.1. The molecule has 0 radical (unpaired) electrons. The van der Waals surface area contributed by atoms with Crippen molar-refractivity contribution >= 4 is 28.1 Å². The Bertz CT molecular complexity index is 1000. The number of benzene rings is 1. The summed E-state index contributed by atoms with van der Waals surface area (Å²) in [6.45, 7) is 12.8. The van der Waals surface area contributed by atoms with Gasteiger partial charge in [0.05, 0.1) is 17.0 Å². The minimum Gasteiger partial charge on any atom is -0.444 e. The second-order valence-corrected chi connectivity index (χ2v) is 12.0. The van der Waals surface area contributed by atoms with Crippen molar-refractivity contribution in [1.82, 2.24) is 9.62 Å². The van der Waals surface area contributed by atoms with Gasteiger partial charge in [0.25, 0.3) is 6.29 Å². The van der Waals surface area contributed by atoms with Crippen LogP contribution in [-0.4, -0.2) is 66.7 Å². The Morgan fingerprint density at radius 1 is 1.00 bits per heavy atom. The van der Waals surface area contributed by atoms with E-state index in [0.717, 1.165) is 18.2 Å². The number of carbonyl (C=O) groups is 3. The van der Waals surface area contributed by atoms with E-state index in [1.807, 2.05) is 13.8 Å². The predicted octanol–water partition coefficient (Wildman–Crippen LogP) is 3.12. The number of hydrogen-bond acceptors (Lipinski definition) is 9. The van der Waals surface area contributed by atoms with Gasteiger partial charge in [-0.1, -0.05) is 32.9 Å². The smallest absolute Gasteiger partial charge is 0.407 e. The van der Waals surface area contributed by atoms with E-state index in [4.69, 9.17) is 14.2 Å². The number of sulfonamides is 1. The summed E-state index contributed by atoms with van der Waals surface area (Å²) in [5.74, 6) is -1.41. The molecule has 2 atom stereocenters. The third-order valence-electron chi connectivity index (χ3n) is 4.90. The van der Waals surface area contributed by atoms with E-state index in [0.29, 0.717) is 6.42 Å². The first-order valence-corrected chi connectivity index (χ1v) is 13.5. The molecule has 1 aromatic carbocycles. The van der Waals surface area contributed by atoms with E-state index in [-0.39, 0.29) is 29.5 Å². The SMILES string of the molecule is CC[C@H](NC(=O)OC(C)(C)C)[C@H](O)CN(CC(C)C)S(=O)(=O)c1ccc(C(OC(C)=O)OC(C)=O)cc1. The van der Waals surface area contributed by atoms with Gasteiger partial charge in [-0.2, -0.15) is 4.31 Å². The molecule has 11 nitrogen and oxygen atoms in total. The molecule has 1 aromatic rings. The maximum absolute atomic E-state index is 13.5. The second kappa shape index (κ2) is 13.7. The number of nitrogens with zero attached hydrogens (tertiary/aromatic N) is 1. The standard InChI is InChI=1S/C25H40N2O9S/c1-9-21(26-24(31)36-25(6,7)8)22(30)15-27(14-16(2)3)37(32,33)20-12-10-19(11-13-20)23(34-17(4)28)35-18(5)29/h10-13,16,21-23,30H,9,14-15H2,1-8H3,(H,26,31)/t21-,22+/m0/s1. The number of alkyl carbamates (subject to hydrolysis) is 1. The van der Waals surface area contributed by atoms with Crippen molar-refractivity contribution in [3.63, 3.8) is 0 Å². The lowest BCUT2D eigenvalue weighted by Crippen LogP contribution is -2.50. The Morgan fingerprint density at radius 3 is 1.92 bits per heavy atom. The predicted molar refractivity (Wildman–Crippen MR) is 136 cm³/mol. The number of esters is 2. The number of ether oxygens (including phenoxy) is 3. The molecule has 210 valence electrons. The largest absolute Gasteiger partial charge is 0.444 e. The Kier molecular flexibility index (Phi) is 12.0. The molecule has 12 heteroatoms. The van der Waals surface area contributed by atoms with Crippen LogP contribution in [0.25, 0.3) is 0 Å². The van der Waals surface area contributed by atoms with E-state index in [9.17, 15) is 27.9 Å². The van der Waals surface area contributed by atoms with Gasteiger partial charge in [0.1, 0.15) is 5.60 Å². The molecule has 0 fully saturated rings. The monoisotopic (exact) mass is 544 g/mol. The summed E-state index contributed by atoms with van der Waals surface area (Å²) in [5.41, 5.74) is -0.455. The lowest BCUT2D eigenvalue weighted by molar-refractivity contribution is -0.186. The van der Waals surface area contributed by atoms with Gasteiger partial charge in [0.2, 0.25) is 10.0 Å². The average Bonchev–Trinajstić information content (AvgIpc) is 2.74. The third-order valence-corrected chi connectivity index (χ3v) is 6.75. The number of hydrogen-bond donors (Lipinski definition) is 2. The van der Waals surface area contributed by atoms with Crippen LogP contribution in [0.2, 0.25) is 0 Å². The molecule has 0 aliphatic heterocycles. The number of nitrogens with one attached hydrogen (secondary N) is 1. The van der Waals surface area contributed by atoms with Crippen LogP contribution in [0.5, 0.6) is 0 Å². The second-order valence-electron chi connectivity index (χ2n) is 10.1. The highest BCUT2D eigenvalue weighted by molar-refractivity contribution is 7.89. The fraction of sp³-hybridized carbons (Fsp3) is 0.640. The maximum Gasteiger partial charge on any atom is 0.407 e. The van der Waals surface area contributed by atoms with E-state index in [1.165, 1.54) is 24.3 Å². The molecule has 0 saturated carbocycles. The van der Waals surface area contributed by atoms with Crippen LogP contribution in [0.3, 0.4) is 0 Å². The van der Waals surface area contributed by atoms with Crippen LogP contribution >= 0.6 is 0 Å². The van der Waals surface area contributed by atoms with Crippen molar-refractivity contribution in [2.45, 2.75) is 90.7 Å². The van der Waals surface area contributed by atoms with Crippen LogP contribution in [0.4, 0.5) is 4.79 Å². The summed E-state index contributed by atoms with van der Waals surface area (Å²) in [6.07, 6.45) is -2.88. The zero-order valence-electron chi connectivity index (χ0n) is 22.8. The third kappa shape index (κ3) is 11.1. The fourth-order valence-electron chi connectivity index (χ4n) is 3.35. The highest BCUT2D eigenvalue weighted by atomic mass is 32.2. The Balaban J connectivity index is 3.17. The number of amides is 1. The van der Waals surface area contributed by atoms with Gasteiger partial charge >= 0.3 is 18.0 Å². The van der Waals surface area contributed by atoms with Crippen LogP contribution in [-0.2, 0) is 33.8 Å². The number of aliphatic hydroxyl groups excluding tert-OH is 1. The zero-order valence-corrected chi connectivity index (χ0v) is 23.6. The Hall–Kier alpha value is -2.70. The molecule has 2 N–H and O–H groups in total. The van der Waals surface area contributed by atoms with Crippen molar-refractivity contribution in [3.8, 4) is 0 Å². The van der Waals surface area contributed by atoms with E-state index in [2.05, 4.69) is 5.32 Å². The van der Waals surface area contributed by atoms with Crippen LogP contribution < -0.4 is 5.32 Å². The quantitative estimate of drug-likeness (QED) is 0.299. The van der Waals surface area contributed by atoms with Crippen molar-refractivity contribution in [2.24, 2.45) is 5.92 Å². The molecular weight excluding hydrogens is 504 g/mol. The van der Waals surface area contributed by atoms with Crippen molar-refractivity contribution < 1.29 is 42.1 Å². The number of aliphatic hydroxyl groups is 1. The minimum absolute atomic E-state index is 0.0579. The molecule has 0 aliphatic carbocycles. The lowest BCUT2D eigenvalue weighted by atomic mass is 10.1. The molecule has 0 spiro atoms. The zero-order chi connectivity index (χ0) is 28.6. The van der Waals surface area contributed by atoms with Crippen LogP contribution in [0.15, 0.2) is 29.2 Å². The van der Waals surface area contributed by atoms with Crippen molar-refractivity contribution in [3.05, 3.63) is 29.8 Å². The summed E-state index contributed by atoms with van der Waals surface area (Å²) in [6, 6.07) is 4.63. The molecule has 0 aromatic heterocycles. The minimum atomic E-state index is -4.06. The number of rotatable bonds is 12. The van der Waals surface area contributed by atoms with Crippen molar-refractivity contribution in [2.75, 3.05) is 13.1 Å². The molecule has 1 rings (SSSR count). The van der Waals surface area contributed by atoms with E-state index >= 15 is 0 Å². The molecule has 0 aliphatic rings. The molecule has 0 heterocycles. The highest BCUT2D eigenvalue weighted by Gasteiger charge is 2.31. The summed E-state index contributed by atoms with van der Waals surface area (Å²) in [7, 11) is -4.06. The van der Waals surface area contributed by atoms with Crippen molar-refractivity contribution in [1.29, 1.82) is 0 Å². The van der Waals surface area contributed by atoms with E-state index < -0.39 is 52.1 Å². The van der Waals surface area contributed by atoms with Gasteiger partial charge in [-0.05, 0) is 45.2 Å². The molecule has 37 heavy (non-hydrogen) atoms. The summed E-state index contributed by atoms with van der Waals surface area (Å²) < 4.78 is 43.4. The number of carbonyl (C=O) groups excluding carboxylic acids is 3. The summed E-state index contributed by atoms with van der Waals surface area (Å²) in [5, 5.41) is 13.5. The topological polar surface area (TPSA) is 149 Å². The summed E-state index contributed by atoms with van der Waals surface area (Å²) in [4.78, 5) is 34.9. The molecule has 0 bridgehead atoms. The summed E-state index contributed by atoms with van der Waals surface area (Å²) >= 11 is 0. The average molecular weight is 545 g/mol. The highest BCUT2D eigenvalue weighted by Crippen LogP contribution is 2.24. The van der Waals surface area contributed by atoms with Gasteiger partial charge in [-0.3, -0.25) is 9.59 Å². The van der Waals surface area contributed by atoms with Gasteiger partial charge in [0, 0.05) is 32.5 Å². The van der Waals surface area contributed by atoms with Crippen LogP contribution in [0, 0.1) is 5.92 Å². The van der Waals surface area contributed by atoms with E-state index in [1.54, 1.807) is 27.7 Å². The van der Waals surface area contributed by atoms with Crippen LogP contribution in [0.1, 0.15) is 73.7 Å². The van der Waals surface area contributed by atoms with Gasteiger partial charge in [-0.15, -0.1) is 0 Å².